The highest BCUT2D eigenvalue weighted by Crippen LogP contribution is 2.34. The van der Waals surface area contributed by atoms with Crippen LogP contribution >= 0.6 is 0 Å². The van der Waals surface area contributed by atoms with Crippen LogP contribution in [-0.4, -0.2) is 44.2 Å². The van der Waals surface area contributed by atoms with Crippen LogP contribution in [0.3, 0.4) is 0 Å². The fourth-order valence-corrected chi connectivity index (χ4v) is 3.41. The van der Waals surface area contributed by atoms with Crippen LogP contribution < -0.4 is 10.6 Å². The van der Waals surface area contributed by atoms with E-state index in [-0.39, 0.29) is 11.2 Å². The van der Waals surface area contributed by atoms with E-state index in [0.717, 1.165) is 5.56 Å². The molecule has 0 aromatic heterocycles. The Balaban J connectivity index is 1.69. The molecular formula is C17H21F3N2O2. The second kappa shape index (κ2) is 6.72. The molecule has 4 nitrogen and oxygen atoms in total. The van der Waals surface area contributed by atoms with Gasteiger partial charge in [0.2, 0.25) is 5.91 Å². The summed E-state index contributed by atoms with van der Waals surface area (Å²) in [6.07, 6.45) is 0.895. The van der Waals surface area contributed by atoms with Crippen LogP contribution in [0.15, 0.2) is 24.3 Å². The fourth-order valence-electron chi connectivity index (χ4n) is 3.41. The lowest BCUT2D eigenvalue weighted by atomic mass is 9.74. The van der Waals surface area contributed by atoms with E-state index >= 15 is 0 Å². The predicted molar refractivity (Wildman–Crippen MR) is 82.5 cm³/mol. The van der Waals surface area contributed by atoms with Gasteiger partial charge in [-0.3, -0.25) is 10.1 Å². The van der Waals surface area contributed by atoms with E-state index in [1.165, 1.54) is 12.1 Å². The van der Waals surface area contributed by atoms with Gasteiger partial charge < -0.3 is 10.1 Å². The van der Waals surface area contributed by atoms with Crippen LogP contribution in [0.25, 0.3) is 0 Å². The summed E-state index contributed by atoms with van der Waals surface area (Å²) in [5.41, 5.74) is 0.570. The Morgan fingerprint density at radius 2 is 1.92 bits per heavy atom. The van der Waals surface area contributed by atoms with Crippen molar-refractivity contribution in [1.82, 2.24) is 10.6 Å². The number of hydrogen-bond acceptors (Lipinski definition) is 3. The molecule has 132 valence electrons. The first kappa shape index (κ1) is 17.2. The van der Waals surface area contributed by atoms with Gasteiger partial charge in [0.05, 0.1) is 12.6 Å². The molecular weight excluding hydrogens is 321 g/mol. The summed E-state index contributed by atoms with van der Waals surface area (Å²) in [4.78, 5) is 12.2. The summed E-state index contributed by atoms with van der Waals surface area (Å²) in [6, 6.07) is 5.36. The highest BCUT2D eigenvalue weighted by molar-refractivity contribution is 5.82. The Morgan fingerprint density at radius 3 is 2.50 bits per heavy atom. The lowest BCUT2D eigenvalue weighted by Gasteiger charge is -2.38. The summed E-state index contributed by atoms with van der Waals surface area (Å²) in [6.45, 7) is 0.951. The molecule has 3 rings (SSSR count). The number of rotatable bonds is 4. The molecule has 2 N–H and O–H groups in total. The minimum Gasteiger partial charge on any atom is -0.381 e. The predicted octanol–water partition coefficient (Wildman–Crippen LogP) is 1.99. The number of hydrogen-bond donors (Lipinski definition) is 2. The van der Waals surface area contributed by atoms with Gasteiger partial charge in [0.1, 0.15) is 5.82 Å². The lowest BCUT2D eigenvalue weighted by molar-refractivity contribution is -0.123. The zero-order chi connectivity index (χ0) is 17.2. The molecule has 1 aromatic carbocycles. The van der Waals surface area contributed by atoms with E-state index in [0.29, 0.717) is 32.6 Å². The first-order chi connectivity index (χ1) is 11.4. The first-order valence-corrected chi connectivity index (χ1v) is 8.13. The Labute approximate surface area is 138 Å². The Bertz CT molecular complexity index is 586. The van der Waals surface area contributed by atoms with Crippen molar-refractivity contribution in [3.05, 3.63) is 35.6 Å². The van der Waals surface area contributed by atoms with Gasteiger partial charge in [-0.25, -0.2) is 13.2 Å². The summed E-state index contributed by atoms with van der Waals surface area (Å²) in [5, 5.41) is 5.36. The molecule has 2 aliphatic rings. The number of benzene rings is 1. The number of halogens is 3. The van der Waals surface area contributed by atoms with E-state index in [1.807, 2.05) is 0 Å². The minimum atomic E-state index is -2.84. The second-order valence-corrected chi connectivity index (χ2v) is 6.61. The maximum atomic E-state index is 13.2. The molecule has 2 saturated heterocycles. The third-order valence-corrected chi connectivity index (χ3v) is 4.93. The third kappa shape index (κ3) is 3.72. The van der Waals surface area contributed by atoms with Gasteiger partial charge >= 0.3 is 0 Å². The molecule has 0 aliphatic carbocycles. The van der Waals surface area contributed by atoms with E-state index in [9.17, 15) is 18.0 Å². The number of nitrogens with one attached hydrogen (secondary N) is 2. The van der Waals surface area contributed by atoms with E-state index in [1.54, 1.807) is 12.1 Å². The van der Waals surface area contributed by atoms with Gasteiger partial charge in [-0.2, -0.15) is 0 Å². The smallest absolute Gasteiger partial charge is 0.262 e. The maximum Gasteiger partial charge on any atom is 0.262 e. The van der Waals surface area contributed by atoms with Crippen molar-refractivity contribution in [2.45, 2.75) is 36.6 Å². The average molecular weight is 342 g/mol. The number of alkyl halides is 2. The van der Waals surface area contributed by atoms with Gasteiger partial charge in [0.15, 0.2) is 0 Å². The minimum absolute atomic E-state index is 0.317. The summed E-state index contributed by atoms with van der Waals surface area (Å²) < 4.78 is 45.1. The van der Waals surface area contributed by atoms with Gasteiger partial charge in [-0.05, 0) is 30.5 Å². The Morgan fingerprint density at radius 1 is 1.25 bits per heavy atom. The van der Waals surface area contributed by atoms with Crippen molar-refractivity contribution in [2.24, 2.45) is 0 Å². The number of carbonyl (C=O) groups is 1. The maximum absolute atomic E-state index is 13.2. The van der Waals surface area contributed by atoms with E-state index in [4.69, 9.17) is 4.74 Å². The van der Waals surface area contributed by atoms with Crippen LogP contribution in [0.2, 0.25) is 0 Å². The second-order valence-electron chi connectivity index (χ2n) is 6.61. The molecule has 0 radical (unpaired) electrons. The number of ether oxygens (including phenoxy) is 1. The Hall–Kier alpha value is -1.60. The lowest BCUT2D eigenvalue weighted by Crippen LogP contribution is -2.48. The van der Waals surface area contributed by atoms with Crippen LogP contribution in [0.5, 0.6) is 0 Å². The fraction of sp³-hybridized carbons (Fsp3) is 0.588. The van der Waals surface area contributed by atoms with Crippen molar-refractivity contribution in [2.75, 3.05) is 26.3 Å². The number of amides is 1. The van der Waals surface area contributed by atoms with Crippen molar-refractivity contribution in [3.63, 3.8) is 0 Å². The molecule has 7 heteroatoms. The van der Waals surface area contributed by atoms with Crippen LogP contribution in [0.1, 0.15) is 24.8 Å². The molecule has 24 heavy (non-hydrogen) atoms. The zero-order valence-corrected chi connectivity index (χ0v) is 13.3. The monoisotopic (exact) mass is 342 g/mol. The average Bonchev–Trinajstić information content (AvgIpc) is 2.94. The Kier molecular flexibility index (Phi) is 4.83. The molecule has 1 amide bonds. The van der Waals surface area contributed by atoms with Crippen molar-refractivity contribution < 1.29 is 22.7 Å². The number of carbonyl (C=O) groups excluding carboxylic acids is 1. The zero-order valence-electron chi connectivity index (χ0n) is 13.3. The van der Waals surface area contributed by atoms with Gasteiger partial charge in [0.25, 0.3) is 5.92 Å². The molecule has 2 aliphatic heterocycles. The van der Waals surface area contributed by atoms with Crippen molar-refractivity contribution >= 4 is 5.91 Å². The molecule has 0 saturated carbocycles. The molecule has 2 heterocycles. The highest BCUT2D eigenvalue weighted by atomic mass is 19.3. The van der Waals surface area contributed by atoms with E-state index < -0.39 is 30.8 Å². The van der Waals surface area contributed by atoms with E-state index in [2.05, 4.69) is 10.6 Å². The molecule has 1 unspecified atom stereocenters. The third-order valence-electron chi connectivity index (χ3n) is 4.93. The summed E-state index contributed by atoms with van der Waals surface area (Å²) >= 11 is 0. The summed E-state index contributed by atoms with van der Waals surface area (Å²) in [7, 11) is 0. The molecule has 0 bridgehead atoms. The SMILES string of the molecule is O=C(NCC1(c2ccc(F)cc2)CCOCC1)C1CC(F)(F)CN1. The van der Waals surface area contributed by atoms with Gasteiger partial charge in [0, 0.05) is 31.6 Å². The van der Waals surface area contributed by atoms with Gasteiger partial charge in [-0.15, -0.1) is 0 Å². The van der Waals surface area contributed by atoms with Crippen LogP contribution in [0, 0.1) is 5.82 Å². The molecule has 1 aromatic rings. The van der Waals surface area contributed by atoms with Gasteiger partial charge in [-0.1, -0.05) is 12.1 Å². The van der Waals surface area contributed by atoms with Crippen molar-refractivity contribution in [3.8, 4) is 0 Å². The summed E-state index contributed by atoms with van der Waals surface area (Å²) in [5.74, 6) is -3.57. The van der Waals surface area contributed by atoms with Crippen molar-refractivity contribution in [1.29, 1.82) is 0 Å². The topological polar surface area (TPSA) is 50.4 Å². The molecule has 2 fully saturated rings. The molecule has 1 atom stereocenters. The largest absolute Gasteiger partial charge is 0.381 e. The standard InChI is InChI=1S/C17H21F3N2O2/c18-13-3-1-12(2-4-13)16(5-7-24-8-6-16)10-22-15(23)14-9-17(19,20)11-21-14/h1-4,14,21H,5-11H2,(H,22,23). The molecule has 0 spiro atoms. The first-order valence-electron chi connectivity index (χ1n) is 8.13. The quantitative estimate of drug-likeness (QED) is 0.880. The normalized spacial score (nSPS) is 25.4. The highest BCUT2D eigenvalue weighted by Gasteiger charge is 2.43. The van der Waals surface area contributed by atoms with Crippen LogP contribution in [-0.2, 0) is 14.9 Å². The van der Waals surface area contributed by atoms with Crippen LogP contribution in [0.4, 0.5) is 13.2 Å².